The molecule has 2 N–H and O–H groups in total. The van der Waals surface area contributed by atoms with E-state index in [0.29, 0.717) is 0 Å². The summed E-state index contributed by atoms with van der Waals surface area (Å²) in [6, 6.07) is 0.275. The van der Waals surface area contributed by atoms with E-state index in [4.69, 9.17) is 10.5 Å². The molecule has 3 nitrogen and oxygen atoms in total. The van der Waals surface area contributed by atoms with Gasteiger partial charge in [0.1, 0.15) is 0 Å². The van der Waals surface area contributed by atoms with Crippen LogP contribution in [0.2, 0.25) is 0 Å². The fourth-order valence-corrected chi connectivity index (χ4v) is 3.17. The van der Waals surface area contributed by atoms with E-state index < -0.39 is 10.8 Å². The van der Waals surface area contributed by atoms with Crippen LogP contribution in [0.15, 0.2) is 0 Å². The lowest BCUT2D eigenvalue weighted by Gasteiger charge is -2.09. The summed E-state index contributed by atoms with van der Waals surface area (Å²) >= 11 is 0. The summed E-state index contributed by atoms with van der Waals surface area (Å²) in [6.07, 6.45) is 5.64. The number of ether oxygens (including phenoxy) is 1. The highest BCUT2D eigenvalue weighted by atomic mass is 32.2. The Labute approximate surface area is 95.2 Å². The second-order valence-corrected chi connectivity index (χ2v) is 6.04. The van der Waals surface area contributed by atoms with Gasteiger partial charge in [0.05, 0.1) is 6.10 Å². The van der Waals surface area contributed by atoms with Gasteiger partial charge in [-0.2, -0.15) is 0 Å². The van der Waals surface area contributed by atoms with E-state index in [1.807, 2.05) is 6.92 Å². The predicted octanol–water partition coefficient (Wildman–Crippen LogP) is 1.43. The molecule has 1 fully saturated rings. The van der Waals surface area contributed by atoms with Gasteiger partial charge in [-0.3, -0.25) is 4.21 Å². The average Bonchev–Trinajstić information content (AvgIpc) is 2.64. The van der Waals surface area contributed by atoms with Crippen molar-refractivity contribution in [1.82, 2.24) is 0 Å². The summed E-state index contributed by atoms with van der Waals surface area (Å²) in [5, 5.41) is 0. The summed E-state index contributed by atoms with van der Waals surface area (Å²) in [5.74, 6) is 1.55. The van der Waals surface area contributed by atoms with Crippen LogP contribution < -0.4 is 5.73 Å². The van der Waals surface area contributed by atoms with Crippen LogP contribution in [0, 0.1) is 0 Å². The third kappa shape index (κ3) is 6.28. The minimum Gasteiger partial charge on any atom is -0.377 e. The van der Waals surface area contributed by atoms with Gasteiger partial charge in [0.25, 0.3) is 0 Å². The molecular weight excluding hydrogens is 210 g/mol. The lowest BCUT2D eigenvalue weighted by Crippen LogP contribution is -2.18. The highest BCUT2D eigenvalue weighted by molar-refractivity contribution is 7.85. The highest BCUT2D eigenvalue weighted by Gasteiger charge is 2.17. The zero-order valence-electron chi connectivity index (χ0n) is 9.61. The maximum Gasteiger partial charge on any atom is 0.0691 e. The van der Waals surface area contributed by atoms with Crippen LogP contribution in [0.1, 0.15) is 39.0 Å². The molecule has 0 saturated carbocycles. The van der Waals surface area contributed by atoms with Gasteiger partial charge in [0.15, 0.2) is 0 Å². The van der Waals surface area contributed by atoms with E-state index in [1.54, 1.807) is 0 Å². The quantitative estimate of drug-likeness (QED) is 0.677. The zero-order chi connectivity index (χ0) is 11.1. The summed E-state index contributed by atoms with van der Waals surface area (Å²) < 4.78 is 17.1. The van der Waals surface area contributed by atoms with Crippen molar-refractivity contribution in [3.05, 3.63) is 0 Å². The van der Waals surface area contributed by atoms with Gasteiger partial charge in [-0.05, 0) is 32.6 Å². The lowest BCUT2D eigenvalue weighted by atomic mass is 10.2. The van der Waals surface area contributed by atoms with E-state index in [9.17, 15) is 4.21 Å². The van der Waals surface area contributed by atoms with Gasteiger partial charge in [-0.15, -0.1) is 0 Å². The predicted molar refractivity (Wildman–Crippen MR) is 64.4 cm³/mol. The molecule has 1 rings (SSSR count). The Kier molecular flexibility index (Phi) is 6.45. The van der Waals surface area contributed by atoms with Crippen molar-refractivity contribution < 1.29 is 8.95 Å². The molecule has 90 valence electrons. The van der Waals surface area contributed by atoms with E-state index in [1.165, 1.54) is 0 Å². The normalized spacial score (nSPS) is 25.3. The first-order valence-electron chi connectivity index (χ1n) is 5.90. The maximum absolute atomic E-state index is 11.6. The van der Waals surface area contributed by atoms with Crippen molar-refractivity contribution in [3.63, 3.8) is 0 Å². The van der Waals surface area contributed by atoms with E-state index in [-0.39, 0.29) is 12.1 Å². The Morgan fingerprint density at radius 2 is 2.33 bits per heavy atom. The number of hydrogen-bond donors (Lipinski definition) is 1. The SMILES string of the molecule is CC(N)CCCCS(=O)CC1CCCO1. The van der Waals surface area contributed by atoms with Gasteiger partial charge < -0.3 is 10.5 Å². The van der Waals surface area contributed by atoms with Crippen LogP contribution in [0.3, 0.4) is 0 Å². The molecule has 0 bridgehead atoms. The second kappa shape index (κ2) is 7.36. The molecule has 15 heavy (non-hydrogen) atoms. The third-order valence-corrected chi connectivity index (χ3v) is 4.16. The third-order valence-electron chi connectivity index (χ3n) is 2.68. The summed E-state index contributed by atoms with van der Waals surface area (Å²) in [4.78, 5) is 0. The molecule has 0 amide bonds. The van der Waals surface area contributed by atoms with Gasteiger partial charge >= 0.3 is 0 Å². The Morgan fingerprint density at radius 3 is 2.93 bits per heavy atom. The first-order chi connectivity index (χ1) is 7.18. The standard InChI is InChI=1S/C11H23NO2S/c1-10(12)5-2-3-8-15(13)9-11-6-4-7-14-11/h10-11H,2-9,12H2,1H3. The molecule has 4 heteroatoms. The second-order valence-electron chi connectivity index (χ2n) is 4.42. The molecule has 0 spiro atoms. The molecule has 0 aromatic heterocycles. The Bertz CT molecular complexity index is 191. The Morgan fingerprint density at radius 1 is 1.53 bits per heavy atom. The number of unbranched alkanes of at least 4 members (excludes halogenated alkanes) is 1. The minimum atomic E-state index is -0.690. The Balaban J connectivity index is 1.98. The molecule has 1 aliphatic heterocycles. The molecular formula is C11H23NO2S. The van der Waals surface area contributed by atoms with Crippen LogP contribution in [0.5, 0.6) is 0 Å². The topological polar surface area (TPSA) is 52.3 Å². The fourth-order valence-electron chi connectivity index (χ4n) is 1.80. The number of nitrogens with two attached hydrogens (primary N) is 1. The molecule has 3 unspecified atom stereocenters. The number of hydrogen-bond acceptors (Lipinski definition) is 3. The minimum absolute atomic E-state index is 0.263. The van der Waals surface area contributed by atoms with Gasteiger partial charge in [-0.1, -0.05) is 6.42 Å². The molecule has 1 aliphatic rings. The lowest BCUT2D eigenvalue weighted by molar-refractivity contribution is 0.128. The molecule has 0 radical (unpaired) electrons. The van der Waals surface area contributed by atoms with Crippen LogP contribution >= 0.6 is 0 Å². The van der Waals surface area contributed by atoms with Gasteiger partial charge in [0.2, 0.25) is 0 Å². The average molecular weight is 233 g/mol. The highest BCUT2D eigenvalue weighted by Crippen LogP contribution is 2.13. The van der Waals surface area contributed by atoms with E-state index >= 15 is 0 Å². The van der Waals surface area contributed by atoms with Crippen molar-refractivity contribution >= 4 is 10.8 Å². The van der Waals surface area contributed by atoms with Crippen molar-refractivity contribution in [3.8, 4) is 0 Å². The smallest absolute Gasteiger partial charge is 0.0691 e. The van der Waals surface area contributed by atoms with Crippen molar-refractivity contribution in [1.29, 1.82) is 0 Å². The monoisotopic (exact) mass is 233 g/mol. The number of rotatable bonds is 7. The van der Waals surface area contributed by atoms with Crippen LogP contribution in [-0.2, 0) is 15.5 Å². The van der Waals surface area contributed by atoms with Crippen LogP contribution in [0.25, 0.3) is 0 Å². The summed E-state index contributed by atoms with van der Waals surface area (Å²) in [6.45, 7) is 2.87. The van der Waals surface area contributed by atoms with Crippen LogP contribution in [-0.4, -0.2) is 34.5 Å². The summed E-state index contributed by atoms with van der Waals surface area (Å²) in [7, 11) is -0.690. The maximum atomic E-state index is 11.6. The van der Waals surface area contributed by atoms with Crippen molar-refractivity contribution in [2.75, 3.05) is 18.1 Å². The molecule has 0 aromatic rings. The molecule has 0 aliphatic carbocycles. The zero-order valence-corrected chi connectivity index (χ0v) is 10.4. The van der Waals surface area contributed by atoms with E-state index in [2.05, 4.69) is 0 Å². The first-order valence-corrected chi connectivity index (χ1v) is 7.39. The van der Waals surface area contributed by atoms with Crippen molar-refractivity contribution in [2.24, 2.45) is 5.73 Å². The molecule has 0 aromatic carbocycles. The van der Waals surface area contributed by atoms with Crippen LogP contribution in [0.4, 0.5) is 0 Å². The fraction of sp³-hybridized carbons (Fsp3) is 1.00. The summed E-state index contributed by atoms with van der Waals surface area (Å²) in [5.41, 5.74) is 5.65. The largest absolute Gasteiger partial charge is 0.377 e. The van der Waals surface area contributed by atoms with Crippen molar-refractivity contribution in [2.45, 2.75) is 51.2 Å². The molecule has 1 heterocycles. The molecule has 1 saturated heterocycles. The van der Waals surface area contributed by atoms with Gasteiger partial charge in [-0.25, -0.2) is 0 Å². The van der Waals surface area contributed by atoms with Gasteiger partial charge in [0, 0.05) is 35.0 Å². The Hall–Kier alpha value is 0.0700. The van der Waals surface area contributed by atoms with E-state index in [0.717, 1.165) is 50.2 Å². The first kappa shape index (κ1) is 13.1. The molecule has 3 atom stereocenters.